The van der Waals surface area contributed by atoms with Gasteiger partial charge >= 0.3 is 0 Å². The molecule has 0 aliphatic carbocycles. The standard InChI is InChI=1S/C24H27N5O4/c1-16(15-31-3)32-20-12-18(24(30)28-23(25)9-10-26-2)13-21(14-20)33-19-6-4-17(5-7-19)22-8-11-27-29-22/h4-14,16,26H,15H2,1-3H3,(H,27,29)(H2,25,28,30)/b10-9-/t16-/m0/s1. The van der Waals surface area contributed by atoms with Crippen molar-refractivity contribution in [1.82, 2.24) is 20.8 Å². The van der Waals surface area contributed by atoms with Gasteiger partial charge in [0.2, 0.25) is 0 Å². The maximum Gasteiger partial charge on any atom is 0.257 e. The normalized spacial score (nSPS) is 11.7. The molecule has 1 heterocycles. The predicted molar refractivity (Wildman–Crippen MR) is 126 cm³/mol. The Labute approximate surface area is 192 Å². The van der Waals surface area contributed by atoms with Gasteiger partial charge in [-0.3, -0.25) is 15.3 Å². The van der Waals surface area contributed by atoms with Gasteiger partial charge in [-0.15, -0.1) is 0 Å². The van der Waals surface area contributed by atoms with Crippen molar-refractivity contribution in [2.45, 2.75) is 13.0 Å². The van der Waals surface area contributed by atoms with E-state index in [1.165, 1.54) is 6.08 Å². The van der Waals surface area contributed by atoms with E-state index in [1.54, 1.807) is 44.8 Å². The molecule has 0 fully saturated rings. The van der Waals surface area contributed by atoms with Gasteiger partial charge in [-0.05, 0) is 61.7 Å². The van der Waals surface area contributed by atoms with E-state index >= 15 is 0 Å². The number of rotatable bonds is 10. The molecule has 1 amide bonds. The molecule has 9 nitrogen and oxygen atoms in total. The summed E-state index contributed by atoms with van der Waals surface area (Å²) in [6, 6.07) is 14.2. The Morgan fingerprint density at radius 2 is 1.91 bits per heavy atom. The van der Waals surface area contributed by atoms with Crippen LogP contribution in [0.5, 0.6) is 17.2 Å². The van der Waals surface area contributed by atoms with Crippen LogP contribution in [0.15, 0.2) is 67.0 Å². The van der Waals surface area contributed by atoms with Crippen molar-refractivity contribution in [3.05, 3.63) is 72.6 Å². The molecule has 3 rings (SSSR count). The minimum absolute atomic E-state index is 0.0511. The number of aromatic nitrogens is 2. The van der Waals surface area contributed by atoms with Crippen molar-refractivity contribution in [3.8, 4) is 28.5 Å². The fourth-order valence-corrected chi connectivity index (χ4v) is 2.98. The van der Waals surface area contributed by atoms with E-state index in [1.807, 2.05) is 37.3 Å². The molecule has 172 valence electrons. The molecule has 0 spiro atoms. The summed E-state index contributed by atoms with van der Waals surface area (Å²) in [4.78, 5) is 12.7. The van der Waals surface area contributed by atoms with Crippen LogP contribution < -0.4 is 20.1 Å². The first-order valence-electron chi connectivity index (χ1n) is 10.3. The number of benzene rings is 2. The molecule has 2 aromatic carbocycles. The number of nitrogens with one attached hydrogen (secondary N) is 4. The second-order valence-corrected chi connectivity index (χ2v) is 7.15. The Bertz CT molecular complexity index is 1090. The highest BCUT2D eigenvalue weighted by Crippen LogP contribution is 2.29. The van der Waals surface area contributed by atoms with Crippen LogP contribution in [0.2, 0.25) is 0 Å². The predicted octanol–water partition coefficient (Wildman–Crippen LogP) is 3.72. The lowest BCUT2D eigenvalue weighted by Gasteiger charge is -2.16. The molecule has 1 atom stereocenters. The average Bonchev–Trinajstić information content (AvgIpc) is 3.33. The van der Waals surface area contributed by atoms with E-state index < -0.39 is 5.91 Å². The number of H-pyrrole nitrogens is 1. The second-order valence-electron chi connectivity index (χ2n) is 7.15. The number of amidine groups is 1. The molecule has 0 bridgehead atoms. The van der Waals surface area contributed by atoms with E-state index in [4.69, 9.17) is 19.6 Å². The summed E-state index contributed by atoms with van der Waals surface area (Å²) in [5.74, 6) is 0.960. The third-order valence-electron chi connectivity index (χ3n) is 4.43. The molecule has 0 saturated carbocycles. The van der Waals surface area contributed by atoms with Gasteiger partial charge in [0, 0.05) is 37.5 Å². The van der Waals surface area contributed by atoms with E-state index in [0.29, 0.717) is 29.4 Å². The largest absolute Gasteiger partial charge is 0.488 e. The Morgan fingerprint density at radius 3 is 2.58 bits per heavy atom. The number of hydrogen-bond acceptors (Lipinski definition) is 7. The maximum absolute atomic E-state index is 12.7. The van der Waals surface area contributed by atoms with Crippen molar-refractivity contribution in [3.63, 3.8) is 0 Å². The Kier molecular flexibility index (Phi) is 8.20. The quantitative estimate of drug-likeness (QED) is 0.276. The second kappa shape index (κ2) is 11.5. The number of carbonyl (C=O) groups is 1. The Hall–Kier alpha value is -4.11. The third kappa shape index (κ3) is 6.94. The van der Waals surface area contributed by atoms with Crippen molar-refractivity contribution >= 4 is 11.7 Å². The fraction of sp³-hybridized carbons (Fsp3) is 0.208. The number of nitrogens with zero attached hydrogens (tertiary/aromatic N) is 1. The molecule has 1 aromatic heterocycles. The first-order chi connectivity index (χ1) is 16.0. The Morgan fingerprint density at radius 1 is 1.15 bits per heavy atom. The lowest BCUT2D eigenvalue weighted by molar-refractivity contribution is 0.0913. The molecular formula is C24H27N5O4. The summed E-state index contributed by atoms with van der Waals surface area (Å²) < 4.78 is 17.0. The minimum Gasteiger partial charge on any atom is -0.488 e. The summed E-state index contributed by atoms with van der Waals surface area (Å²) in [6.07, 6.45) is 4.52. The summed E-state index contributed by atoms with van der Waals surface area (Å²) in [5.41, 5.74) is 2.07. The highest BCUT2D eigenvalue weighted by Gasteiger charge is 2.14. The van der Waals surface area contributed by atoms with E-state index in [0.717, 1.165) is 11.3 Å². The summed E-state index contributed by atoms with van der Waals surface area (Å²) >= 11 is 0. The van der Waals surface area contributed by atoms with E-state index in [2.05, 4.69) is 20.8 Å². The minimum atomic E-state index is -0.454. The molecule has 9 heteroatoms. The van der Waals surface area contributed by atoms with Gasteiger partial charge in [0.1, 0.15) is 29.2 Å². The van der Waals surface area contributed by atoms with Crippen molar-refractivity contribution in [2.24, 2.45) is 0 Å². The summed E-state index contributed by atoms with van der Waals surface area (Å²) in [6.45, 7) is 2.25. The van der Waals surface area contributed by atoms with Gasteiger partial charge in [-0.1, -0.05) is 0 Å². The number of aromatic amines is 1. The van der Waals surface area contributed by atoms with Crippen LogP contribution in [-0.4, -0.2) is 48.8 Å². The number of amides is 1. The number of hydrogen-bond donors (Lipinski definition) is 4. The molecule has 0 unspecified atom stereocenters. The lowest BCUT2D eigenvalue weighted by atomic mass is 10.1. The highest BCUT2D eigenvalue weighted by atomic mass is 16.5. The topological polar surface area (TPSA) is 121 Å². The van der Waals surface area contributed by atoms with Gasteiger partial charge in [0.25, 0.3) is 5.91 Å². The van der Waals surface area contributed by atoms with Gasteiger partial charge < -0.3 is 24.8 Å². The summed E-state index contributed by atoms with van der Waals surface area (Å²) in [5, 5.41) is 20.1. The van der Waals surface area contributed by atoms with Crippen molar-refractivity contribution in [1.29, 1.82) is 5.41 Å². The van der Waals surface area contributed by atoms with Crippen LogP contribution >= 0.6 is 0 Å². The molecule has 3 aromatic rings. The van der Waals surface area contributed by atoms with Crippen LogP contribution in [0, 0.1) is 5.41 Å². The van der Waals surface area contributed by atoms with Crippen LogP contribution in [0.1, 0.15) is 17.3 Å². The zero-order valence-corrected chi connectivity index (χ0v) is 18.7. The summed E-state index contributed by atoms with van der Waals surface area (Å²) in [7, 11) is 3.30. The lowest BCUT2D eigenvalue weighted by Crippen LogP contribution is -2.28. The number of methoxy groups -OCH3 is 1. The fourth-order valence-electron chi connectivity index (χ4n) is 2.98. The first kappa shape index (κ1) is 23.6. The van der Waals surface area contributed by atoms with Crippen molar-refractivity contribution < 1.29 is 19.0 Å². The third-order valence-corrected chi connectivity index (χ3v) is 4.43. The molecular weight excluding hydrogens is 422 g/mol. The monoisotopic (exact) mass is 449 g/mol. The number of carbonyl (C=O) groups excluding carboxylic acids is 1. The van der Waals surface area contributed by atoms with E-state index in [-0.39, 0.29) is 11.9 Å². The number of ether oxygens (including phenoxy) is 3. The average molecular weight is 450 g/mol. The van der Waals surface area contributed by atoms with Crippen LogP contribution in [0.3, 0.4) is 0 Å². The molecule has 0 radical (unpaired) electrons. The SMILES string of the molecule is CN/C=C\C(=N)NC(=O)c1cc(Oc2ccc(-c3cc[nH]n3)cc2)cc(O[C@@H](C)COC)c1. The zero-order valence-electron chi connectivity index (χ0n) is 18.7. The first-order valence-corrected chi connectivity index (χ1v) is 10.3. The highest BCUT2D eigenvalue weighted by molar-refractivity contribution is 6.09. The molecule has 33 heavy (non-hydrogen) atoms. The van der Waals surface area contributed by atoms with E-state index in [9.17, 15) is 4.79 Å². The maximum atomic E-state index is 12.7. The molecule has 4 N–H and O–H groups in total. The van der Waals surface area contributed by atoms with Crippen molar-refractivity contribution in [2.75, 3.05) is 20.8 Å². The Balaban J connectivity index is 1.82. The van der Waals surface area contributed by atoms with Crippen LogP contribution in [-0.2, 0) is 4.74 Å². The van der Waals surface area contributed by atoms with Gasteiger partial charge in [-0.25, -0.2) is 0 Å². The van der Waals surface area contributed by atoms with Gasteiger partial charge in [-0.2, -0.15) is 5.10 Å². The molecule has 0 aliphatic heterocycles. The van der Waals surface area contributed by atoms with Crippen LogP contribution in [0.4, 0.5) is 0 Å². The van der Waals surface area contributed by atoms with Gasteiger partial charge in [0.15, 0.2) is 0 Å². The molecule has 0 aliphatic rings. The van der Waals surface area contributed by atoms with Crippen LogP contribution in [0.25, 0.3) is 11.3 Å². The smallest absolute Gasteiger partial charge is 0.257 e. The zero-order chi connectivity index (χ0) is 23.6. The molecule has 0 saturated heterocycles. The van der Waals surface area contributed by atoms with Gasteiger partial charge in [0.05, 0.1) is 12.3 Å².